The van der Waals surface area contributed by atoms with Crippen LogP contribution in [0.4, 0.5) is 11.4 Å². The number of amides is 2. The van der Waals surface area contributed by atoms with Crippen molar-refractivity contribution in [2.45, 2.75) is 32.1 Å². The summed E-state index contributed by atoms with van der Waals surface area (Å²) in [5.41, 5.74) is 0.569. The summed E-state index contributed by atoms with van der Waals surface area (Å²) in [5.74, 6) is -3.38. The fourth-order valence-corrected chi connectivity index (χ4v) is 6.25. The molecule has 2 aromatic carbocycles. The second kappa shape index (κ2) is 13.4. The first-order chi connectivity index (χ1) is 20.5. The number of carbonyl (C=O) groups excluding carboxylic acids is 4. The Hall–Kier alpha value is -4.82. The highest BCUT2D eigenvalue weighted by molar-refractivity contribution is 7.21. The standard InChI is InChI=1S/C29H26N2O10S2/c1-40-20-11-22-14(9-24(42-22)18(32)3-5-28(36)37)7-16(20)30-26(34)13-27(35)31-17-8-15-10-25(19(33)4-6-29(38)39)43-23(15)12-21(17)41-2/h7-12H,3-6,13H2,1-2H3,(H,30,34)(H,31,35)(H,36,37)(H,38,39). The van der Waals surface area contributed by atoms with Crippen molar-refractivity contribution in [2.24, 2.45) is 0 Å². The predicted molar refractivity (Wildman–Crippen MR) is 161 cm³/mol. The number of carboxylic acid groups (broad SMARTS) is 2. The molecule has 12 nitrogen and oxygen atoms in total. The molecular formula is C29H26N2O10S2. The summed E-state index contributed by atoms with van der Waals surface area (Å²) in [6.07, 6.45) is -1.36. The number of anilines is 2. The zero-order chi connectivity index (χ0) is 31.3. The number of rotatable bonds is 14. The maximum atomic E-state index is 12.8. The first kappa shape index (κ1) is 31.1. The highest BCUT2D eigenvalue weighted by Crippen LogP contribution is 2.37. The lowest BCUT2D eigenvalue weighted by molar-refractivity contribution is -0.137. The van der Waals surface area contributed by atoms with Gasteiger partial charge in [-0.3, -0.25) is 28.8 Å². The molecule has 0 bridgehead atoms. The number of hydrogen-bond acceptors (Lipinski definition) is 10. The van der Waals surface area contributed by atoms with Crippen molar-refractivity contribution in [1.82, 2.24) is 0 Å². The quantitative estimate of drug-likeness (QED) is 0.107. The van der Waals surface area contributed by atoms with Gasteiger partial charge in [0.15, 0.2) is 11.6 Å². The van der Waals surface area contributed by atoms with Gasteiger partial charge in [0.2, 0.25) is 11.8 Å². The molecule has 0 aliphatic carbocycles. The van der Waals surface area contributed by atoms with Gasteiger partial charge in [0.1, 0.15) is 17.9 Å². The molecule has 0 fully saturated rings. The van der Waals surface area contributed by atoms with Gasteiger partial charge < -0.3 is 30.3 Å². The number of ketones is 2. The highest BCUT2D eigenvalue weighted by atomic mass is 32.1. The van der Waals surface area contributed by atoms with Gasteiger partial charge >= 0.3 is 11.9 Å². The largest absolute Gasteiger partial charge is 0.495 e. The molecule has 2 heterocycles. The molecule has 43 heavy (non-hydrogen) atoms. The van der Waals surface area contributed by atoms with Gasteiger partial charge in [-0.25, -0.2) is 0 Å². The molecule has 0 aliphatic rings. The van der Waals surface area contributed by atoms with Gasteiger partial charge in [-0.05, 0) is 35.0 Å². The number of aliphatic carboxylic acids is 2. The van der Waals surface area contributed by atoms with Gasteiger partial charge in [-0.2, -0.15) is 0 Å². The van der Waals surface area contributed by atoms with Crippen LogP contribution in [-0.2, 0) is 19.2 Å². The van der Waals surface area contributed by atoms with Crippen LogP contribution < -0.4 is 20.1 Å². The molecule has 2 amide bonds. The van der Waals surface area contributed by atoms with Crippen molar-refractivity contribution in [2.75, 3.05) is 24.9 Å². The summed E-state index contributed by atoms with van der Waals surface area (Å²) in [4.78, 5) is 72.7. The molecule has 0 atom stereocenters. The molecule has 0 saturated carbocycles. The molecule has 0 saturated heterocycles. The molecule has 4 N–H and O–H groups in total. The Kier molecular flexibility index (Phi) is 9.73. The van der Waals surface area contributed by atoms with Gasteiger partial charge in [0.25, 0.3) is 0 Å². The van der Waals surface area contributed by atoms with E-state index in [2.05, 4.69) is 10.6 Å². The topological polar surface area (TPSA) is 185 Å². The van der Waals surface area contributed by atoms with Crippen LogP contribution in [0.2, 0.25) is 0 Å². The molecule has 0 unspecified atom stereocenters. The van der Waals surface area contributed by atoms with E-state index in [9.17, 15) is 28.8 Å². The SMILES string of the molecule is COc1cc2sc(C(=O)CCC(=O)O)cc2cc1NC(=O)CC(=O)Nc1cc2cc(C(=O)CCC(=O)O)sc2cc1OC. The monoisotopic (exact) mass is 626 g/mol. The maximum Gasteiger partial charge on any atom is 0.303 e. The molecule has 14 heteroatoms. The number of nitrogens with one attached hydrogen (secondary N) is 2. The Morgan fingerprint density at radius 1 is 0.628 bits per heavy atom. The van der Waals surface area contributed by atoms with E-state index in [1.807, 2.05) is 0 Å². The number of Topliss-reactive ketones (excluding diaryl/α,β-unsaturated/α-hetero) is 2. The summed E-state index contributed by atoms with van der Waals surface area (Å²) in [5, 5.41) is 24.2. The fourth-order valence-electron chi connectivity index (χ4n) is 4.17. The van der Waals surface area contributed by atoms with Crippen LogP contribution in [0, 0.1) is 0 Å². The van der Waals surface area contributed by atoms with Crippen LogP contribution in [0.1, 0.15) is 51.4 Å². The minimum absolute atomic E-state index is 0.131. The Balaban J connectivity index is 1.45. The molecule has 0 radical (unpaired) electrons. The van der Waals surface area contributed by atoms with Gasteiger partial charge in [0.05, 0.1) is 48.2 Å². The number of benzene rings is 2. The van der Waals surface area contributed by atoms with Crippen LogP contribution >= 0.6 is 22.7 Å². The summed E-state index contributed by atoms with van der Waals surface area (Å²) < 4.78 is 12.2. The number of carbonyl (C=O) groups is 6. The summed E-state index contributed by atoms with van der Waals surface area (Å²) in [6.45, 7) is 0. The third-order valence-electron chi connectivity index (χ3n) is 6.23. The average molecular weight is 627 g/mol. The first-order valence-electron chi connectivity index (χ1n) is 12.8. The smallest absolute Gasteiger partial charge is 0.303 e. The minimum Gasteiger partial charge on any atom is -0.495 e. The van der Waals surface area contributed by atoms with Crippen LogP contribution in [0.5, 0.6) is 11.5 Å². The predicted octanol–water partition coefficient (Wildman–Crippen LogP) is 5.20. The highest BCUT2D eigenvalue weighted by Gasteiger charge is 2.19. The fraction of sp³-hybridized carbons (Fsp3) is 0.241. The molecule has 4 rings (SSSR count). The average Bonchev–Trinajstić information content (AvgIpc) is 3.57. The Morgan fingerprint density at radius 3 is 1.37 bits per heavy atom. The number of methoxy groups -OCH3 is 2. The van der Waals surface area contributed by atoms with Crippen LogP contribution in [-0.4, -0.2) is 59.8 Å². The van der Waals surface area contributed by atoms with E-state index in [1.54, 1.807) is 36.4 Å². The van der Waals surface area contributed by atoms with Gasteiger partial charge in [-0.15, -0.1) is 22.7 Å². The van der Waals surface area contributed by atoms with E-state index >= 15 is 0 Å². The Bertz CT molecular complexity index is 1640. The number of ether oxygens (including phenoxy) is 2. The number of fused-ring (bicyclic) bond motifs is 2. The summed E-state index contributed by atoms with van der Waals surface area (Å²) in [7, 11) is 2.82. The zero-order valence-corrected chi connectivity index (χ0v) is 24.6. The number of hydrogen-bond donors (Lipinski definition) is 4. The van der Waals surface area contributed by atoms with E-state index in [0.717, 1.165) is 0 Å². The molecular weight excluding hydrogens is 600 g/mol. The van der Waals surface area contributed by atoms with Crippen molar-refractivity contribution < 1.29 is 48.5 Å². The van der Waals surface area contributed by atoms with Crippen molar-refractivity contribution in [3.05, 3.63) is 46.2 Å². The van der Waals surface area contributed by atoms with Gasteiger partial charge in [-0.1, -0.05) is 0 Å². The first-order valence-corrected chi connectivity index (χ1v) is 14.4. The zero-order valence-electron chi connectivity index (χ0n) is 23.0. The molecule has 224 valence electrons. The van der Waals surface area contributed by atoms with E-state index in [-0.39, 0.29) is 48.6 Å². The van der Waals surface area contributed by atoms with Crippen molar-refractivity contribution >= 4 is 89.5 Å². The number of thiophene rings is 2. The van der Waals surface area contributed by atoms with Crippen LogP contribution in [0.25, 0.3) is 20.2 Å². The van der Waals surface area contributed by atoms with E-state index in [1.165, 1.54) is 36.9 Å². The van der Waals surface area contributed by atoms with E-state index in [4.69, 9.17) is 19.7 Å². The molecule has 4 aromatic rings. The lowest BCUT2D eigenvalue weighted by Gasteiger charge is -2.12. The van der Waals surface area contributed by atoms with Crippen molar-refractivity contribution in [3.63, 3.8) is 0 Å². The summed E-state index contributed by atoms with van der Waals surface area (Å²) >= 11 is 2.37. The Morgan fingerprint density at radius 2 is 1.02 bits per heavy atom. The number of carboxylic acids is 2. The lowest BCUT2D eigenvalue weighted by Crippen LogP contribution is -2.22. The second-order valence-corrected chi connectivity index (χ2v) is 11.5. The molecule has 0 spiro atoms. The second-order valence-electron chi connectivity index (χ2n) is 9.31. The van der Waals surface area contributed by atoms with Crippen molar-refractivity contribution in [1.29, 1.82) is 0 Å². The third kappa shape index (κ3) is 7.72. The van der Waals surface area contributed by atoms with Crippen LogP contribution in [0.3, 0.4) is 0 Å². The summed E-state index contributed by atoms with van der Waals surface area (Å²) in [6, 6.07) is 9.74. The lowest BCUT2D eigenvalue weighted by atomic mass is 10.1. The molecule has 2 aromatic heterocycles. The minimum atomic E-state index is -1.06. The third-order valence-corrected chi connectivity index (χ3v) is 8.51. The van der Waals surface area contributed by atoms with E-state index < -0.39 is 30.2 Å². The van der Waals surface area contributed by atoms with E-state index in [0.29, 0.717) is 41.4 Å². The van der Waals surface area contributed by atoms with Crippen LogP contribution in [0.15, 0.2) is 36.4 Å². The van der Waals surface area contributed by atoms with Gasteiger partial charge in [0, 0.05) is 34.4 Å². The maximum absolute atomic E-state index is 12.8. The molecule has 0 aliphatic heterocycles. The normalized spacial score (nSPS) is 10.8. The van der Waals surface area contributed by atoms with Crippen molar-refractivity contribution in [3.8, 4) is 11.5 Å². The Labute approximate surface area is 252 Å².